The predicted octanol–water partition coefficient (Wildman–Crippen LogP) is 2.51. The lowest BCUT2D eigenvalue weighted by Gasteiger charge is -2.41. The van der Waals surface area contributed by atoms with Crippen molar-refractivity contribution in [2.75, 3.05) is 25.4 Å². The molecule has 2 saturated carbocycles. The van der Waals surface area contributed by atoms with Gasteiger partial charge in [-0.1, -0.05) is 71.6 Å². The Morgan fingerprint density at radius 3 is 2.16 bits per heavy atom. The van der Waals surface area contributed by atoms with Crippen molar-refractivity contribution in [3.63, 3.8) is 0 Å². The van der Waals surface area contributed by atoms with Crippen LogP contribution in [0.3, 0.4) is 0 Å². The summed E-state index contributed by atoms with van der Waals surface area (Å²) in [5.74, 6) is -1.85. The van der Waals surface area contributed by atoms with Crippen LogP contribution in [-0.4, -0.2) is 103 Å². The smallest absolute Gasteiger partial charge is 0.315 e. The summed E-state index contributed by atoms with van der Waals surface area (Å²) in [6, 6.07) is -2.97. The monoisotopic (exact) mass is 707 g/mol. The molecule has 276 valence electrons. The first-order chi connectivity index (χ1) is 23.4. The van der Waals surface area contributed by atoms with E-state index in [4.69, 9.17) is 4.74 Å². The maximum Gasteiger partial charge on any atom is 0.315 e. The van der Waals surface area contributed by atoms with E-state index in [-0.39, 0.29) is 48.5 Å². The maximum absolute atomic E-state index is 14.0. The van der Waals surface area contributed by atoms with Crippen LogP contribution in [0.25, 0.3) is 0 Å². The number of carbonyl (C=O) groups excluding carboxylic acids is 5. The van der Waals surface area contributed by atoms with Gasteiger partial charge in [0.25, 0.3) is 5.91 Å². The van der Waals surface area contributed by atoms with E-state index in [0.717, 1.165) is 57.8 Å². The third kappa shape index (κ3) is 9.61. The Morgan fingerprint density at radius 1 is 0.878 bits per heavy atom. The molecule has 13 nitrogen and oxygen atoms in total. The van der Waals surface area contributed by atoms with Crippen LogP contribution < -0.4 is 21.3 Å². The van der Waals surface area contributed by atoms with E-state index in [1.165, 1.54) is 0 Å². The molecule has 3 heterocycles. The fraction of sp³-hybridized carbons (Fsp3) is 0.857. The highest BCUT2D eigenvalue weighted by Crippen LogP contribution is 2.37. The van der Waals surface area contributed by atoms with Gasteiger partial charge < -0.3 is 26.0 Å². The molecule has 3 aliphatic heterocycles. The van der Waals surface area contributed by atoms with Crippen LogP contribution in [0.15, 0.2) is 0 Å². The second-order valence-electron chi connectivity index (χ2n) is 15.4. The number of fused-ring (bicyclic) bond motifs is 1. The predicted molar refractivity (Wildman–Crippen MR) is 183 cm³/mol. The molecule has 4 N–H and O–H groups in total. The Kier molecular flexibility index (Phi) is 12.8. The summed E-state index contributed by atoms with van der Waals surface area (Å²) in [5, 5.41) is 11.6. The first-order valence-corrected chi connectivity index (χ1v) is 20.5. The van der Waals surface area contributed by atoms with Gasteiger partial charge in [-0.2, -0.15) is 0 Å². The van der Waals surface area contributed by atoms with E-state index in [1.807, 2.05) is 18.7 Å². The van der Waals surface area contributed by atoms with Crippen LogP contribution in [0.4, 0.5) is 4.79 Å². The van der Waals surface area contributed by atoms with E-state index in [1.54, 1.807) is 0 Å². The maximum atomic E-state index is 14.0. The van der Waals surface area contributed by atoms with Crippen molar-refractivity contribution in [2.24, 2.45) is 11.8 Å². The Bertz CT molecular complexity index is 1330. The van der Waals surface area contributed by atoms with Crippen molar-refractivity contribution < 1.29 is 37.1 Å². The molecule has 5 aliphatic rings. The zero-order valence-corrected chi connectivity index (χ0v) is 30.1. The van der Waals surface area contributed by atoms with Crippen LogP contribution in [0, 0.1) is 11.8 Å². The SMILES string of the molecule is CC(C)[C@H]1CCN2CC(=O)[C@@H](NC(=O)NC3(C4OCCS4(=O)=O)CCCCC3)CCCCCCCC[C@@H](C(=O)C(=O)NC3CC3)NC(=O)[C@H]12. The molecular weight excluding hydrogens is 650 g/mol. The number of Topliss-reactive ketones (excluding diaryl/α,β-unsaturated/α-hetero) is 2. The topological polar surface area (TPSA) is 180 Å². The van der Waals surface area contributed by atoms with Gasteiger partial charge >= 0.3 is 6.03 Å². The summed E-state index contributed by atoms with van der Waals surface area (Å²) < 4.78 is 31.5. The summed E-state index contributed by atoms with van der Waals surface area (Å²) in [6.45, 7) is 4.63. The fourth-order valence-electron chi connectivity index (χ4n) is 8.32. The zero-order valence-electron chi connectivity index (χ0n) is 29.3. The molecule has 4 amide bonds. The lowest BCUT2D eigenvalue weighted by Crippen LogP contribution is -2.63. The highest BCUT2D eigenvalue weighted by atomic mass is 32.2. The molecule has 0 aromatic carbocycles. The number of hydrogen-bond acceptors (Lipinski definition) is 9. The van der Waals surface area contributed by atoms with Crippen LogP contribution in [0.1, 0.15) is 117 Å². The van der Waals surface area contributed by atoms with Crippen molar-refractivity contribution in [1.82, 2.24) is 26.2 Å². The molecule has 1 unspecified atom stereocenters. The van der Waals surface area contributed by atoms with Crippen molar-refractivity contribution in [3.8, 4) is 0 Å². The van der Waals surface area contributed by atoms with Gasteiger partial charge in [-0.25, -0.2) is 13.2 Å². The van der Waals surface area contributed by atoms with Gasteiger partial charge in [0.05, 0.1) is 42.6 Å². The second-order valence-corrected chi connectivity index (χ2v) is 17.5. The van der Waals surface area contributed by atoms with E-state index < -0.39 is 56.7 Å². The highest BCUT2D eigenvalue weighted by Gasteiger charge is 2.51. The van der Waals surface area contributed by atoms with Crippen molar-refractivity contribution in [3.05, 3.63) is 0 Å². The molecule has 49 heavy (non-hydrogen) atoms. The number of ether oxygens (including phenoxy) is 1. The molecule has 0 spiro atoms. The number of ketones is 2. The molecule has 0 bridgehead atoms. The standard InChI is InChI=1S/C35H57N5O8S/c1-23(2)25-16-19-40-22-28(41)26(38-34(45)39-35(17-10-7-11-18-35)33-48-20-21-49(33,46)47)12-8-5-3-4-6-9-13-27(37-31(43)29(25)40)30(42)32(44)36-24-14-15-24/h23-27,29,33H,3-22H2,1-2H3,(H,36,44)(H,37,43)(H2,38,39,45)/t25-,26+,27+,29+,33?/m1/s1. The molecule has 5 atom stereocenters. The molecule has 5 fully saturated rings. The number of urea groups is 1. The molecule has 3 saturated heterocycles. The highest BCUT2D eigenvalue weighted by molar-refractivity contribution is 7.92. The molecular formula is C35H57N5O8S. The summed E-state index contributed by atoms with van der Waals surface area (Å²) in [5.41, 5.74) is -2.16. The number of carbonyl (C=O) groups is 5. The number of rotatable bonds is 7. The molecule has 0 aromatic heterocycles. The van der Waals surface area contributed by atoms with Crippen LogP contribution >= 0.6 is 0 Å². The Hall–Kier alpha value is -2.58. The summed E-state index contributed by atoms with van der Waals surface area (Å²) >= 11 is 0. The van der Waals surface area contributed by atoms with Gasteiger partial charge in [-0.3, -0.25) is 24.1 Å². The van der Waals surface area contributed by atoms with Gasteiger partial charge in [0.15, 0.2) is 21.1 Å². The third-order valence-electron chi connectivity index (χ3n) is 11.3. The van der Waals surface area contributed by atoms with Crippen molar-refractivity contribution >= 4 is 39.2 Å². The molecule has 2 aliphatic carbocycles. The van der Waals surface area contributed by atoms with E-state index in [9.17, 15) is 32.4 Å². The van der Waals surface area contributed by atoms with E-state index in [2.05, 4.69) is 21.3 Å². The van der Waals surface area contributed by atoms with Crippen molar-refractivity contribution in [1.29, 1.82) is 0 Å². The van der Waals surface area contributed by atoms with Gasteiger partial charge in [0.2, 0.25) is 11.7 Å². The molecule has 14 heteroatoms. The second kappa shape index (κ2) is 16.6. The molecule has 0 aromatic rings. The van der Waals surface area contributed by atoms with Crippen LogP contribution in [-0.2, 0) is 33.8 Å². The first-order valence-electron chi connectivity index (χ1n) is 18.7. The van der Waals surface area contributed by atoms with Gasteiger partial charge in [-0.05, 0) is 63.3 Å². The van der Waals surface area contributed by atoms with Gasteiger partial charge in [-0.15, -0.1) is 0 Å². The van der Waals surface area contributed by atoms with Gasteiger partial charge in [0, 0.05) is 6.04 Å². The Morgan fingerprint density at radius 2 is 1.53 bits per heavy atom. The fourth-order valence-corrected chi connectivity index (χ4v) is 10.2. The van der Waals surface area contributed by atoms with E-state index >= 15 is 0 Å². The van der Waals surface area contributed by atoms with Crippen molar-refractivity contribution in [2.45, 2.75) is 152 Å². The average molecular weight is 708 g/mol. The van der Waals surface area contributed by atoms with Crippen LogP contribution in [0.5, 0.6) is 0 Å². The third-order valence-corrected chi connectivity index (χ3v) is 13.2. The molecule has 5 rings (SSSR count). The summed E-state index contributed by atoms with van der Waals surface area (Å²) in [4.78, 5) is 69.5. The number of amides is 4. The largest absolute Gasteiger partial charge is 0.359 e. The quantitative estimate of drug-likeness (QED) is 0.289. The van der Waals surface area contributed by atoms with Crippen LogP contribution in [0.2, 0.25) is 0 Å². The Balaban J connectivity index is 1.32. The number of sulfone groups is 1. The minimum Gasteiger partial charge on any atom is -0.359 e. The van der Waals surface area contributed by atoms with Gasteiger partial charge in [0.1, 0.15) is 0 Å². The normalized spacial score (nSPS) is 31.8. The lowest BCUT2D eigenvalue weighted by molar-refractivity contribution is -0.141. The van der Waals surface area contributed by atoms with E-state index in [0.29, 0.717) is 51.5 Å². The number of nitrogens with one attached hydrogen (secondary N) is 4. The lowest BCUT2D eigenvalue weighted by atomic mass is 9.82. The number of hydrogen-bond donors (Lipinski definition) is 4. The molecule has 0 radical (unpaired) electrons. The minimum atomic E-state index is -3.54. The number of nitrogens with zero attached hydrogens (tertiary/aromatic N) is 1. The zero-order chi connectivity index (χ0) is 35.2. The average Bonchev–Trinajstić information content (AvgIpc) is 3.64. The summed E-state index contributed by atoms with van der Waals surface area (Å²) in [7, 11) is -3.54. The first kappa shape index (κ1) is 37.7. The Labute approximate surface area is 291 Å². The minimum absolute atomic E-state index is 0.0286. The summed E-state index contributed by atoms with van der Waals surface area (Å²) in [6.07, 6.45) is 11.6.